The molecule has 1 saturated heterocycles. The lowest BCUT2D eigenvalue weighted by Gasteiger charge is -2.46. The predicted octanol–water partition coefficient (Wildman–Crippen LogP) is 4.66. The van der Waals surface area contributed by atoms with Gasteiger partial charge in [0.15, 0.2) is 0 Å². The van der Waals surface area contributed by atoms with Crippen LogP contribution in [0.2, 0.25) is 5.02 Å². The topological polar surface area (TPSA) is 107 Å². The number of benzene rings is 1. The molecule has 41 heavy (non-hydrogen) atoms. The molecule has 3 N–H and O–H groups in total. The zero-order chi connectivity index (χ0) is 28.3. The minimum absolute atomic E-state index is 0.00833. The van der Waals surface area contributed by atoms with E-state index in [-0.39, 0.29) is 24.0 Å². The van der Waals surface area contributed by atoms with Crippen LogP contribution in [0.25, 0.3) is 11.3 Å². The monoisotopic (exact) mass is 597 g/mol. The summed E-state index contributed by atoms with van der Waals surface area (Å²) in [5.41, 5.74) is 1.81. The van der Waals surface area contributed by atoms with Crippen molar-refractivity contribution in [1.82, 2.24) is 25.0 Å². The van der Waals surface area contributed by atoms with Crippen molar-refractivity contribution < 1.29 is 14.3 Å². The van der Waals surface area contributed by atoms with Gasteiger partial charge in [-0.1, -0.05) is 11.6 Å². The summed E-state index contributed by atoms with van der Waals surface area (Å²) in [7, 11) is 0. The largest absolute Gasteiger partial charge is 0.396 e. The number of thioether (sulfide) groups is 1. The zero-order valence-corrected chi connectivity index (χ0v) is 24.2. The highest BCUT2D eigenvalue weighted by molar-refractivity contribution is 7.99. The number of anilines is 3. The average molecular weight is 598 g/mol. The molecular formula is C29H33ClFN7O2S. The second kappa shape index (κ2) is 12.6. The van der Waals surface area contributed by atoms with Gasteiger partial charge in [0.25, 0.3) is 0 Å². The van der Waals surface area contributed by atoms with Crippen molar-refractivity contribution in [3.63, 3.8) is 0 Å². The lowest BCUT2D eigenvalue weighted by atomic mass is 9.78. The Morgan fingerprint density at radius 3 is 2.54 bits per heavy atom. The second-order valence-electron chi connectivity index (χ2n) is 10.8. The fourth-order valence-electron chi connectivity index (χ4n) is 5.51. The first-order valence-electron chi connectivity index (χ1n) is 14.1. The van der Waals surface area contributed by atoms with Crippen molar-refractivity contribution >= 4 is 46.5 Å². The Bertz CT molecular complexity index is 1400. The molecular weight excluding hydrogens is 565 g/mol. The van der Waals surface area contributed by atoms with Gasteiger partial charge >= 0.3 is 0 Å². The van der Waals surface area contributed by atoms with Gasteiger partial charge in [-0.25, -0.2) is 9.37 Å². The van der Waals surface area contributed by atoms with Gasteiger partial charge in [0.1, 0.15) is 16.7 Å². The minimum Gasteiger partial charge on any atom is -0.396 e. The summed E-state index contributed by atoms with van der Waals surface area (Å²) in [5.74, 6) is 0.393. The van der Waals surface area contributed by atoms with Gasteiger partial charge in [-0.3, -0.25) is 14.6 Å². The molecule has 2 aromatic heterocycles. The summed E-state index contributed by atoms with van der Waals surface area (Å²) in [6, 6.07) is 10.8. The number of hydrogen-bond acceptors (Lipinski definition) is 9. The summed E-state index contributed by atoms with van der Waals surface area (Å²) < 4.78 is 14.5. The molecule has 3 aliphatic rings. The number of aliphatic hydroxyl groups excluding tert-OH is 1. The van der Waals surface area contributed by atoms with Gasteiger partial charge in [0, 0.05) is 78.5 Å². The maximum Gasteiger partial charge on any atom is 0.228 e. The Morgan fingerprint density at radius 2 is 1.80 bits per heavy atom. The average Bonchev–Trinajstić information content (AvgIpc) is 3.79. The normalized spacial score (nSPS) is 21.3. The van der Waals surface area contributed by atoms with Crippen LogP contribution in [0.1, 0.15) is 25.7 Å². The first kappa shape index (κ1) is 28.3. The molecule has 0 bridgehead atoms. The standard InChI is InChI=1S/C29H33ClFN7O2S/c30-19-1-4-24(31)23(15-19)25-17-26(29(36-35-25)41-12-11-39)33-20-5-6-32-27(16-20)34-28(40)18-13-22(14-18)38-9-7-37(8-10-38)21-2-3-21/h1,4-6,15-18,21-22,39H,2-3,7-14H2,(H2,32,33,34,35,40)/t18-,22-. The molecule has 0 radical (unpaired) electrons. The van der Waals surface area contributed by atoms with E-state index in [1.807, 2.05) is 0 Å². The van der Waals surface area contributed by atoms with E-state index >= 15 is 0 Å². The maximum absolute atomic E-state index is 14.5. The van der Waals surface area contributed by atoms with Crippen molar-refractivity contribution in [2.45, 2.75) is 42.8 Å². The molecule has 3 aromatic rings. The smallest absolute Gasteiger partial charge is 0.228 e. The Balaban J connectivity index is 1.09. The number of amides is 1. The summed E-state index contributed by atoms with van der Waals surface area (Å²) in [5, 5.41) is 25.0. The van der Waals surface area contributed by atoms with E-state index in [0.29, 0.717) is 44.7 Å². The van der Waals surface area contributed by atoms with Crippen LogP contribution in [0.5, 0.6) is 0 Å². The summed E-state index contributed by atoms with van der Waals surface area (Å²) >= 11 is 7.41. The number of nitrogens with one attached hydrogen (secondary N) is 2. The van der Waals surface area contributed by atoms with E-state index in [4.69, 9.17) is 11.6 Å². The van der Waals surface area contributed by atoms with Crippen LogP contribution in [-0.4, -0.2) is 86.6 Å². The number of rotatable bonds is 10. The third-order valence-electron chi connectivity index (χ3n) is 8.00. The van der Waals surface area contributed by atoms with Crippen molar-refractivity contribution in [2.75, 3.05) is 49.2 Å². The first-order chi connectivity index (χ1) is 20.0. The van der Waals surface area contributed by atoms with Gasteiger partial charge in [-0.2, -0.15) is 0 Å². The van der Waals surface area contributed by atoms with Gasteiger partial charge in [0.05, 0.1) is 18.0 Å². The summed E-state index contributed by atoms with van der Waals surface area (Å²) in [6.07, 6.45) is 6.08. The van der Waals surface area contributed by atoms with Gasteiger partial charge in [-0.15, -0.1) is 22.0 Å². The molecule has 9 nitrogen and oxygen atoms in total. The van der Waals surface area contributed by atoms with E-state index in [9.17, 15) is 14.3 Å². The number of piperazine rings is 1. The molecule has 3 fully saturated rings. The maximum atomic E-state index is 14.5. The summed E-state index contributed by atoms with van der Waals surface area (Å²) in [4.78, 5) is 22.5. The van der Waals surface area contributed by atoms with Crippen LogP contribution in [0.3, 0.4) is 0 Å². The number of pyridine rings is 1. The Labute approximate surface area is 247 Å². The van der Waals surface area contributed by atoms with Crippen molar-refractivity contribution in [1.29, 1.82) is 0 Å². The first-order valence-corrected chi connectivity index (χ1v) is 15.4. The van der Waals surface area contributed by atoms with Crippen LogP contribution < -0.4 is 10.6 Å². The SMILES string of the molecule is O=C(Nc1cc(Nc2cc(-c3cc(Cl)ccc3F)nnc2SCCO)ccn1)[C@H]1C[C@H](N2CCN(C3CC3)CC2)C1. The second-order valence-corrected chi connectivity index (χ2v) is 12.3. The van der Waals surface area contributed by atoms with Gasteiger partial charge in [0.2, 0.25) is 5.91 Å². The number of carbonyl (C=O) groups is 1. The Morgan fingerprint density at radius 1 is 1.05 bits per heavy atom. The lowest BCUT2D eigenvalue weighted by molar-refractivity contribution is -0.124. The molecule has 2 saturated carbocycles. The van der Waals surface area contributed by atoms with Crippen LogP contribution >= 0.6 is 23.4 Å². The van der Waals surface area contributed by atoms with E-state index in [1.165, 1.54) is 42.8 Å². The number of aromatic nitrogens is 3. The number of halogens is 2. The Hall–Kier alpha value is -2.83. The molecule has 12 heteroatoms. The van der Waals surface area contributed by atoms with Crippen LogP contribution in [0.4, 0.5) is 21.6 Å². The summed E-state index contributed by atoms with van der Waals surface area (Å²) in [6.45, 7) is 4.45. The molecule has 6 rings (SSSR count). The minimum atomic E-state index is -0.460. The van der Waals surface area contributed by atoms with Crippen LogP contribution in [0.15, 0.2) is 47.6 Å². The third kappa shape index (κ3) is 6.81. The van der Waals surface area contributed by atoms with E-state index in [1.54, 1.807) is 24.4 Å². The molecule has 1 amide bonds. The number of aliphatic hydroxyl groups is 1. The van der Waals surface area contributed by atoms with Crippen molar-refractivity contribution in [3.05, 3.63) is 53.4 Å². The van der Waals surface area contributed by atoms with Crippen molar-refractivity contribution in [2.24, 2.45) is 5.92 Å². The predicted molar refractivity (Wildman–Crippen MR) is 159 cm³/mol. The van der Waals surface area contributed by atoms with Gasteiger partial charge in [-0.05, 0) is 56.0 Å². The number of nitrogens with zero attached hydrogens (tertiary/aromatic N) is 5. The van der Waals surface area contributed by atoms with E-state index in [2.05, 4.69) is 35.6 Å². The molecule has 216 valence electrons. The molecule has 2 aliphatic carbocycles. The number of carbonyl (C=O) groups excluding carboxylic acids is 1. The molecule has 0 spiro atoms. The quantitative estimate of drug-likeness (QED) is 0.288. The van der Waals surface area contributed by atoms with Gasteiger partial charge < -0.3 is 15.7 Å². The van der Waals surface area contributed by atoms with Crippen LogP contribution in [-0.2, 0) is 4.79 Å². The fourth-order valence-corrected chi connectivity index (χ4v) is 6.33. The molecule has 0 atom stereocenters. The van der Waals surface area contributed by atoms with Crippen molar-refractivity contribution in [3.8, 4) is 11.3 Å². The fraction of sp³-hybridized carbons (Fsp3) is 0.448. The molecule has 3 heterocycles. The number of hydrogen-bond donors (Lipinski definition) is 3. The Kier molecular flexibility index (Phi) is 8.68. The zero-order valence-electron chi connectivity index (χ0n) is 22.6. The highest BCUT2D eigenvalue weighted by Crippen LogP contribution is 2.36. The lowest BCUT2D eigenvalue weighted by Crippen LogP contribution is -2.55. The third-order valence-corrected chi connectivity index (χ3v) is 9.19. The van der Waals surface area contributed by atoms with E-state index < -0.39 is 5.82 Å². The highest BCUT2D eigenvalue weighted by atomic mass is 35.5. The van der Waals surface area contributed by atoms with Crippen LogP contribution in [0, 0.1) is 11.7 Å². The van der Waals surface area contributed by atoms with E-state index in [0.717, 1.165) is 45.1 Å². The molecule has 0 unspecified atom stereocenters. The molecule has 1 aromatic carbocycles. The molecule has 1 aliphatic heterocycles. The highest BCUT2D eigenvalue weighted by Gasteiger charge is 2.40.